The quantitative estimate of drug-likeness (QED) is 0.655. The van der Waals surface area contributed by atoms with Crippen LogP contribution in [-0.2, 0) is 24.8 Å². The first kappa shape index (κ1) is 21.5. The third kappa shape index (κ3) is 7.14. The van der Waals surface area contributed by atoms with E-state index in [0.717, 1.165) is 19.1 Å². The molecule has 8 nitrogen and oxygen atoms in total. The maximum absolute atomic E-state index is 11.0. The molecule has 0 unspecified atom stereocenters. The van der Waals surface area contributed by atoms with Gasteiger partial charge in [-0.2, -0.15) is 0 Å². The van der Waals surface area contributed by atoms with Crippen LogP contribution < -0.4 is 0 Å². The van der Waals surface area contributed by atoms with E-state index in [2.05, 4.69) is 0 Å². The van der Waals surface area contributed by atoms with Gasteiger partial charge in [0.2, 0.25) is 20.0 Å². The van der Waals surface area contributed by atoms with E-state index in [0.29, 0.717) is 44.9 Å². The summed E-state index contributed by atoms with van der Waals surface area (Å²) in [5.41, 5.74) is 0. The van der Waals surface area contributed by atoms with E-state index >= 15 is 0 Å². The Kier molecular flexibility index (Phi) is 8.27. The first-order valence-electron chi connectivity index (χ1n) is 8.04. The van der Waals surface area contributed by atoms with Gasteiger partial charge in [-0.1, -0.05) is 0 Å². The van der Waals surface area contributed by atoms with Crippen LogP contribution in [0.2, 0.25) is 0 Å². The molecular weight excluding hydrogens is 356 g/mol. The number of nitrogens with zero attached hydrogens (tertiary/aromatic N) is 2. The first-order chi connectivity index (χ1) is 11.1. The Morgan fingerprint density at radius 2 is 1.25 bits per heavy atom. The van der Waals surface area contributed by atoms with Crippen LogP contribution in [0.5, 0.6) is 0 Å². The van der Waals surface area contributed by atoms with E-state index < -0.39 is 20.0 Å². The van der Waals surface area contributed by atoms with E-state index in [9.17, 15) is 21.6 Å². The van der Waals surface area contributed by atoms with Crippen molar-refractivity contribution in [2.45, 2.75) is 25.7 Å². The Morgan fingerprint density at radius 3 is 1.54 bits per heavy atom. The third-order valence-corrected chi connectivity index (χ3v) is 7.07. The van der Waals surface area contributed by atoms with E-state index in [1.54, 1.807) is 0 Å². The van der Waals surface area contributed by atoms with E-state index in [1.165, 1.54) is 21.1 Å². The van der Waals surface area contributed by atoms with Crippen molar-refractivity contribution in [2.24, 2.45) is 11.8 Å². The molecule has 142 valence electrons. The second kappa shape index (κ2) is 9.23. The minimum absolute atomic E-state index is 0.0583. The summed E-state index contributed by atoms with van der Waals surface area (Å²) in [5, 5.41) is 8.81. The van der Waals surface area contributed by atoms with Crippen molar-refractivity contribution in [3.8, 4) is 0 Å². The van der Waals surface area contributed by atoms with Crippen LogP contribution in [0.25, 0.3) is 0 Å². The lowest BCUT2D eigenvalue weighted by Crippen LogP contribution is -2.38. The Labute approximate surface area is 144 Å². The second-order valence-electron chi connectivity index (χ2n) is 6.42. The second-order valence-corrected chi connectivity index (χ2v) is 10.4. The summed E-state index contributed by atoms with van der Waals surface area (Å²) in [5.74, 6) is 0.353. The smallest absolute Gasteiger partial charge is 0.211 e. The standard InChI is InChI=1S/C7H15NO3S.C7H13NO3S/c2*1-12(10,11)8-4-2-7(6-9)3-5-8/h7,9H,2-6H2,1H3;6-7H,2-5H2,1H3. The topological polar surface area (TPSA) is 112 Å². The van der Waals surface area contributed by atoms with E-state index in [4.69, 9.17) is 5.11 Å². The monoisotopic (exact) mass is 384 g/mol. The minimum Gasteiger partial charge on any atom is -0.396 e. The molecule has 1 N–H and O–H groups in total. The number of carbonyl (C=O) groups excluding carboxylic acids is 1. The average Bonchev–Trinajstić information content (AvgIpc) is 2.54. The number of aldehydes is 1. The summed E-state index contributed by atoms with van der Waals surface area (Å²) in [7, 11) is -6.05. The summed E-state index contributed by atoms with van der Waals surface area (Å²) < 4.78 is 47.0. The Morgan fingerprint density at radius 1 is 0.875 bits per heavy atom. The number of hydrogen-bond donors (Lipinski definition) is 1. The molecule has 0 amide bonds. The van der Waals surface area contributed by atoms with Gasteiger partial charge in [-0.3, -0.25) is 0 Å². The molecule has 0 radical (unpaired) electrons. The molecule has 0 aromatic heterocycles. The molecule has 0 aliphatic carbocycles. The van der Waals surface area contributed by atoms with Crippen molar-refractivity contribution < 1.29 is 26.7 Å². The van der Waals surface area contributed by atoms with Crippen molar-refractivity contribution >= 4 is 26.3 Å². The fourth-order valence-electron chi connectivity index (χ4n) is 2.77. The molecule has 2 saturated heterocycles. The molecule has 0 atom stereocenters. The molecule has 2 rings (SSSR count). The summed E-state index contributed by atoms with van der Waals surface area (Å²) in [6, 6.07) is 0. The highest BCUT2D eigenvalue weighted by atomic mass is 32.2. The van der Waals surface area contributed by atoms with Gasteiger partial charge in [0.05, 0.1) is 12.5 Å². The zero-order valence-electron chi connectivity index (χ0n) is 14.3. The Bertz CT molecular complexity index is 589. The van der Waals surface area contributed by atoms with Gasteiger partial charge in [-0.25, -0.2) is 25.4 Å². The molecule has 2 aliphatic heterocycles. The molecule has 0 aromatic carbocycles. The highest BCUT2D eigenvalue weighted by Gasteiger charge is 2.24. The van der Waals surface area contributed by atoms with Gasteiger partial charge in [-0.15, -0.1) is 0 Å². The SMILES string of the molecule is CS(=O)(=O)N1CCC(C=O)CC1.CS(=O)(=O)N1CCC(CO)CC1. The van der Waals surface area contributed by atoms with Crippen LogP contribution in [0.15, 0.2) is 0 Å². The first-order valence-corrected chi connectivity index (χ1v) is 11.7. The molecule has 0 bridgehead atoms. The number of hydrogen-bond acceptors (Lipinski definition) is 6. The number of rotatable bonds is 4. The molecule has 2 fully saturated rings. The highest BCUT2D eigenvalue weighted by molar-refractivity contribution is 7.88. The van der Waals surface area contributed by atoms with Gasteiger partial charge in [0.15, 0.2) is 0 Å². The van der Waals surface area contributed by atoms with Crippen molar-refractivity contribution in [2.75, 3.05) is 45.3 Å². The molecule has 10 heteroatoms. The molecule has 0 aromatic rings. The zero-order valence-corrected chi connectivity index (χ0v) is 15.9. The molecule has 2 heterocycles. The fourth-order valence-corrected chi connectivity index (χ4v) is 4.52. The number of sulfonamides is 2. The van der Waals surface area contributed by atoms with Gasteiger partial charge < -0.3 is 9.90 Å². The Hall–Kier alpha value is -0.550. The third-order valence-electron chi connectivity index (χ3n) is 4.46. The molecule has 2 aliphatic rings. The summed E-state index contributed by atoms with van der Waals surface area (Å²) >= 11 is 0. The lowest BCUT2D eigenvalue weighted by Gasteiger charge is -2.28. The predicted octanol–water partition coefficient (Wildman–Crippen LogP) is -0.493. The van der Waals surface area contributed by atoms with Crippen LogP contribution >= 0.6 is 0 Å². The maximum Gasteiger partial charge on any atom is 0.211 e. The van der Waals surface area contributed by atoms with Crippen molar-refractivity contribution in [3.63, 3.8) is 0 Å². The molecule has 24 heavy (non-hydrogen) atoms. The van der Waals surface area contributed by atoms with Crippen LogP contribution in [0.1, 0.15) is 25.7 Å². The number of aliphatic hydroxyl groups excluding tert-OH is 1. The molecular formula is C14H28N2O6S2. The van der Waals surface area contributed by atoms with E-state index in [-0.39, 0.29) is 12.5 Å². The highest BCUT2D eigenvalue weighted by Crippen LogP contribution is 2.18. The lowest BCUT2D eigenvalue weighted by molar-refractivity contribution is -0.112. The van der Waals surface area contributed by atoms with Crippen molar-refractivity contribution in [1.82, 2.24) is 8.61 Å². The normalized spacial score (nSPS) is 22.6. The van der Waals surface area contributed by atoms with Crippen molar-refractivity contribution in [1.29, 1.82) is 0 Å². The van der Waals surface area contributed by atoms with Crippen LogP contribution in [0.4, 0.5) is 0 Å². The van der Waals surface area contributed by atoms with E-state index in [1.807, 2.05) is 0 Å². The van der Waals surface area contributed by atoms with Crippen LogP contribution in [0, 0.1) is 11.8 Å². The zero-order chi connectivity index (χ0) is 18.4. The maximum atomic E-state index is 11.0. The number of piperidine rings is 2. The lowest BCUT2D eigenvalue weighted by atomic mass is 10.00. The van der Waals surface area contributed by atoms with Crippen LogP contribution in [0.3, 0.4) is 0 Å². The Balaban J connectivity index is 0.000000240. The summed E-state index contributed by atoms with van der Waals surface area (Å²) in [6.07, 6.45) is 6.24. The number of aliphatic hydroxyl groups is 1. The fraction of sp³-hybridized carbons (Fsp3) is 0.929. The predicted molar refractivity (Wildman–Crippen MR) is 91.4 cm³/mol. The molecule has 0 spiro atoms. The minimum atomic E-state index is -3.04. The molecule has 0 saturated carbocycles. The number of carbonyl (C=O) groups is 1. The summed E-state index contributed by atoms with van der Waals surface area (Å²) in [6.45, 7) is 2.27. The van der Waals surface area contributed by atoms with Gasteiger partial charge in [-0.05, 0) is 31.6 Å². The van der Waals surface area contributed by atoms with Crippen LogP contribution in [-0.4, -0.2) is 82.1 Å². The van der Waals surface area contributed by atoms with Gasteiger partial charge >= 0.3 is 0 Å². The average molecular weight is 385 g/mol. The van der Waals surface area contributed by atoms with Gasteiger partial charge in [0.25, 0.3) is 0 Å². The van der Waals surface area contributed by atoms with Crippen molar-refractivity contribution in [3.05, 3.63) is 0 Å². The largest absolute Gasteiger partial charge is 0.396 e. The van der Waals surface area contributed by atoms with Gasteiger partial charge in [0.1, 0.15) is 6.29 Å². The van der Waals surface area contributed by atoms with Gasteiger partial charge in [0, 0.05) is 38.7 Å². The summed E-state index contributed by atoms with van der Waals surface area (Å²) in [4.78, 5) is 10.3.